The van der Waals surface area contributed by atoms with Crippen LogP contribution in [0.1, 0.15) is 46.0 Å². The van der Waals surface area contributed by atoms with Crippen molar-refractivity contribution in [2.45, 2.75) is 46.0 Å². The Labute approximate surface area is 110 Å². The minimum atomic E-state index is -0.717. The fraction of sp³-hybridized carbons (Fsp3) is 0.929. The number of carboxylic acids is 1. The van der Waals surface area contributed by atoms with Gasteiger partial charge < -0.3 is 14.6 Å². The van der Waals surface area contributed by atoms with Crippen LogP contribution in [0.15, 0.2) is 0 Å². The molecule has 106 valence electrons. The standard InChI is InChI=1S/C14H26O4/c1-14(2,13(15)16)7-3-4-8-18-11-12-5-9-17-10-6-12/h12H,3-11H2,1-2H3,(H,15,16). The number of hydrogen-bond donors (Lipinski definition) is 1. The molecule has 4 heteroatoms. The van der Waals surface area contributed by atoms with Crippen LogP contribution in [0.2, 0.25) is 0 Å². The highest BCUT2D eigenvalue weighted by Crippen LogP contribution is 2.23. The molecule has 0 amide bonds. The highest BCUT2D eigenvalue weighted by Gasteiger charge is 2.25. The molecular formula is C14H26O4. The zero-order valence-corrected chi connectivity index (χ0v) is 11.6. The van der Waals surface area contributed by atoms with E-state index in [0.29, 0.717) is 12.3 Å². The van der Waals surface area contributed by atoms with Crippen molar-refractivity contribution in [3.05, 3.63) is 0 Å². The minimum absolute atomic E-state index is 0.610. The van der Waals surface area contributed by atoms with Gasteiger partial charge in [0.25, 0.3) is 0 Å². The summed E-state index contributed by atoms with van der Waals surface area (Å²) < 4.78 is 10.9. The summed E-state index contributed by atoms with van der Waals surface area (Å²) in [4.78, 5) is 10.9. The molecule has 0 bridgehead atoms. The van der Waals surface area contributed by atoms with E-state index in [9.17, 15) is 4.79 Å². The van der Waals surface area contributed by atoms with Crippen molar-refractivity contribution in [1.82, 2.24) is 0 Å². The van der Waals surface area contributed by atoms with Crippen molar-refractivity contribution < 1.29 is 19.4 Å². The van der Waals surface area contributed by atoms with Crippen molar-refractivity contribution in [2.24, 2.45) is 11.3 Å². The van der Waals surface area contributed by atoms with Gasteiger partial charge in [0.05, 0.1) is 5.41 Å². The minimum Gasteiger partial charge on any atom is -0.481 e. The summed E-state index contributed by atoms with van der Waals surface area (Å²) in [5, 5.41) is 8.97. The number of hydrogen-bond acceptors (Lipinski definition) is 3. The van der Waals surface area contributed by atoms with E-state index in [4.69, 9.17) is 14.6 Å². The maximum Gasteiger partial charge on any atom is 0.309 e. The topological polar surface area (TPSA) is 55.8 Å². The Balaban J connectivity index is 1.97. The second-order valence-electron chi connectivity index (χ2n) is 5.78. The van der Waals surface area contributed by atoms with Crippen molar-refractivity contribution in [2.75, 3.05) is 26.4 Å². The predicted octanol–water partition coefficient (Wildman–Crippen LogP) is 2.71. The zero-order valence-electron chi connectivity index (χ0n) is 11.6. The molecule has 1 heterocycles. The van der Waals surface area contributed by atoms with Crippen LogP contribution in [0.5, 0.6) is 0 Å². The number of carbonyl (C=O) groups is 1. The van der Waals surface area contributed by atoms with Crippen molar-refractivity contribution in [3.8, 4) is 0 Å². The Morgan fingerprint density at radius 2 is 2.00 bits per heavy atom. The van der Waals surface area contributed by atoms with Crippen LogP contribution in [0.25, 0.3) is 0 Å². The first-order valence-corrected chi connectivity index (χ1v) is 6.91. The van der Waals surface area contributed by atoms with E-state index in [-0.39, 0.29) is 0 Å². The molecule has 0 aromatic heterocycles. The number of aliphatic carboxylic acids is 1. The van der Waals surface area contributed by atoms with Gasteiger partial charge in [-0.1, -0.05) is 6.42 Å². The first-order chi connectivity index (χ1) is 8.52. The molecule has 1 N–H and O–H groups in total. The Morgan fingerprint density at radius 3 is 2.61 bits per heavy atom. The Bertz CT molecular complexity index is 244. The van der Waals surface area contributed by atoms with Crippen molar-refractivity contribution in [1.29, 1.82) is 0 Å². The van der Waals surface area contributed by atoms with Crippen LogP contribution < -0.4 is 0 Å². The van der Waals surface area contributed by atoms with E-state index in [1.165, 1.54) is 0 Å². The van der Waals surface area contributed by atoms with Crippen LogP contribution in [0, 0.1) is 11.3 Å². The number of unbranched alkanes of at least 4 members (excludes halogenated alkanes) is 1. The third kappa shape index (κ3) is 5.83. The molecule has 1 aliphatic rings. The predicted molar refractivity (Wildman–Crippen MR) is 69.6 cm³/mol. The van der Waals surface area contributed by atoms with E-state index in [1.54, 1.807) is 13.8 Å². The van der Waals surface area contributed by atoms with E-state index in [0.717, 1.165) is 52.1 Å². The lowest BCUT2D eigenvalue weighted by Crippen LogP contribution is -2.23. The summed E-state index contributed by atoms with van der Waals surface area (Å²) in [6, 6.07) is 0. The molecule has 4 nitrogen and oxygen atoms in total. The van der Waals surface area contributed by atoms with Gasteiger partial charge in [-0.15, -0.1) is 0 Å². The first-order valence-electron chi connectivity index (χ1n) is 6.91. The van der Waals surface area contributed by atoms with E-state index < -0.39 is 11.4 Å². The number of rotatable bonds is 8. The molecule has 1 fully saturated rings. The van der Waals surface area contributed by atoms with Crippen molar-refractivity contribution in [3.63, 3.8) is 0 Å². The molecule has 0 aromatic carbocycles. The van der Waals surface area contributed by atoms with E-state index in [2.05, 4.69) is 0 Å². The largest absolute Gasteiger partial charge is 0.481 e. The zero-order chi connectivity index (χ0) is 13.4. The maximum atomic E-state index is 10.9. The average Bonchev–Trinajstić information content (AvgIpc) is 2.34. The first kappa shape index (κ1) is 15.4. The van der Waals surface area contributed by atoms with Gasteiger partial charge in [-0.2, -0.15) is 0 Å². The summed E-state index contributed by atoms with van der Waals surface area (Å²) in [7, 11) is 0. The summed E-state index contributed by atoms with van der Waals surface area (Å²) in [6.45, 7) is 6.84. The Morgan fingerprint density at radius 1 is 1.33 bits per heavy atom. The number of carboxylic acid groups (broad SMARTS) is 1. The molecule has 0 atom stereocenters. The van der Waals surface area contributed by atoms with Gasteiger partial charge in [0.1, 0.15) is 0 Å². The fourth-order valence-corrected chi connectivity index (χ4v) is 2.04. The second kappa shape index (κ2) is 7.74. The smallest absolute Gasteiger partial charge is 0.309 e. The fourth-order valence-electron chi connectivity index (χ4n) is 2.04. The molecule has 0 aromatic rings. The van der Waals surface area contributed by atoms with Gasteiger partial charge >= 0.3 is 5.97 Å². The van der Waals surface area contributed by atoms with Gasteiger partial charge in [-0.25, -0.2) is 0 Å². The van der Waals surface area contributed by atoms with Gasteiger partial charge in [-0.05, 0) is 45.4 Å². The maximum absolute atomic E-state index is 10.9. The average molecular weight is 258 g/mol. The normalized spacial score (nSPS) is 17.9. The van der Waals surface area contributed by atoms with Crippen molar-refractivity contribution >= 4 is 5.97 Å². The molecule has 1 saturated heterocycles. The second-order valence-corrected chi connectivity index (χ2v) is 5.78. The highest BCUT2D eigenvalue weighted by molar-refractivity contribution is 5.73. The van der Waals surface area contributed by atoms with Gasteiger partial charge in [0, 0.05) is 26.4 Å². The van der Waals surface area contributed by atoms with Crippen LogP contribution >= 0.6 is 0 Å². The SMILES string of the molecule is CC(C)(CCCCOCC1CCOCC1)C(=O)O. The lowest BCUT2D eigenvalue weighted by Gasteiger charge is -2.22. The molecule has 1 aliphatic heterocycles. The lowest BCUT2D eigenvalue weighted by molar-refractivity contribution is -0.147. The summed E-state index contributed by atoms with van der Waals surface area (Å²) in [6.07, 6.45) is 4.77. The molecule has 1 rings (SSSR count). The van der Waals surface area contributed by atoms with Gasteiger partial charge in [0.2, 0.25) is 0 Å². The summed E-state index contributed by atoms with van der Waals surface area (Å²) >= 11 is 0. The molecule has 0 saturated carbocycles. The third-order valence-corrected chi connectivity index (χ3v) is 3.61. The van der Waals surface area contributed by atoms with Crippen LogP contribution in [-0.4, -0.2) is 37.5 Å². The quantitative estimate of drug-likeness (QED) is 0.680. The Hall–Kier alpha value is -0.610. The third-order valence-electron chi connectivity index (χ3n) is 3.61. The van der Waals surface area contributed by atoms with Gasteiger partial charge in [0.15, 0.2) is 0 Å². The molecular weight excluding hydrogens is 232 g/mol. The molecule has 18 heavy (non-hydrogen) atoms. The Kier molecular flexibility index (Phi) is 6.65. The summed E-state index contributed by atoms with van der Waals surface area (Å²) in [5.74, 6) is -0.0696. The summed E-state index contributed by atoms with van der Waals surface area (Å²) in [5.41, 5.74) is -0.610. The van der Waals surface area contributed by atoms with Crippen LogP contribution in [-0.2, 0) is 14.3 Å². The number of ether oxygens (including phenoxy) is 2. The lowest BCUT2D eigenvalue weighted by atomic mass is 9.87. The monoisotopic (exact) mass is 258 g/mol. The van der Waals surface area contributed by atoms with E-state index in [1.807, 2.05) is 0 Å². The molecule has 0 unspecified atom stereocenters. The van der Waals surface area contributed by atoms with Crippen LogP contribution in [0.4, 0.5) is 0 Å². The van der Waals surface area contributed by atoms with Gasteiger partial charge in [-0.3, -0.25) is 4.79 Å². The molecule has 0 radical (unpaired) electrons. The molecule has 0 spiro atoms. The highest BCUT2D eigenvalue weighted by atomic mass is 16.5. The molecule has 0 aliphatic carbocycles. The van der Waals surface area contributed by atoms with E-state index >= 15 is 0 Å². The van der Waals surface area contributed by atoms with Crippen LogP contribution in [0.3, 0.4) is 0 Å².